The summed E-state index contributed by atoms with van der Waals surface area (Å²) >= 11 is 0. The van der Waals surface area contributed by atoms with Crippen LogP contribution in [0.5, 0.6) is 0 Å². The number of carbonyl (C=O) groups is 2. The molecular formula is C24H27NO4. The molecule has 3 atom stereocenters. The van der Waals surface area contributed by atoms with Gasteiger partial charge in [-0.15, -0.1) is 6.58 Å². The second-order valence-electron chi connectivity index (χ2n) is 7.30. The SMILES string of the molecule is C=CC[C@]1(C(C)CC)C(=O)O[C@@H](c2ccccc2)N1C(=O)OCc1ccccc1. The Balaban J connectivity index is 1.99. The van der Waals surface area contributed by atoms with Crippen molar-refractivity contribution in [1.82, 2.24) is 4.90 Å². The summed E-state index contributed by atoms with van der Waals surface area (Å²) in [6.45, 7) is 7.89. The fourth-order valence-electron chi connectivity index (χ4n) is 3.83. The van der Waals surface area contributed by atoms with Gasteiger partial charge in [-0.05, 0) is 17.9 Å². The molecule has 1 heterocycles. The average Bonchev–Trinajstić information content (AvgIpc) is 3.06. The number of hydrogen-bond donors (Lipinski definition) is 0. The van der Waals surface area contributed by atoms with Crippen LogP contribution in [0, 0.1) is 5.92 Å². The Morgan fingerprint density at radius 2 is 1.83 bits per heavy atom. The van der Waals surface area contributed by atoms with Crippen molar-refractivity contribution in [2.45, 2.75) is 45.1 Å². The van der Waals surface area contributed by atoms with Crippen LogP contribution < -0.4 is 0 Å². The molecule has 3 rings (SSSR count). The summed E-state index contributed by atoms with van der Waals surface area (Å²) < 4.78 is 11.4. The third-order valence-electron chi connectivity index (χ3n) is 5.61. The van der Waals surface area contributed by atoms with E-state index >= 15 is 0 Å². The lowest BCUT2D eigenvalue weighted by Crippen LogP contribution is -2.55. The van der Waals surface area contributed by atoms with E-state index in [4.69, 9.17) is 9.47 Å². The zero-order valence-electron chi connectivity index (χ0n) is 16.9. The Hall–Kier alpha value is -3.08. The second-order valence-corrected chi connectivity index (χ2v) is 7.30. The van der Waals surface area contributed by atoms with Crippen molar-refractivity contribution in [3.8, 4) is 0 Å². The first kappa shape index (κ1) is 20.6. The Morgan fingerprint density at radius 3 is 2.41 bits per heavy atom. The maximum atomic E-state index is 13.3. The molecule has 5 heteroatoms. The molecule has 2 aromatic carbocycles. The molecule has 1 fully saturated rings. The number of hydrogen-bond acceptors (Lipinski definition) is 4. The molecule has 1 amide bonds. The number of benzene rings is 2. The van der Waals surface area contributed by atoms with E-state index < -0.39 is 23.8 Å². The number of amides is 1. The first-order chi connectivity index (χ1) is 14.0. The molecule has 0 aromatic heterocycles. The van der Waals surface area contributed by atoms with Crippen LogP contribution in [0.15, 0.2) is 73.3 Å². The molecule has 0 saturated carbocycles. The number of esters is 1. The van der Waals surface area contributed by atoms with Crippen molar-refractivity contribution >= 4 is 12.1 Å². The van der Waals surface area contributed by atoms with E-state index in [1.54, 1.807) is 6.08 Å². The monoisotopic (exact) mass is 393 g/mol. The molecule has 5 nitrogen and oxygen atoms in total. The predicted octanol–water partition coefficient (Wildman–Crippen LogP) is 5.24. The zero-order valence-corrected chi connectivity index (χ0v) is 16.9. The van der Waals surface area contributed by atoms with Gasteiger partial charge >= 0.3 is 12.1 Å². The number of carbonyl (C=O) groups excluding carboxylic acids is 2. The first-order valence-electron chi connectivity index (χ1n) is 9.91. The van der Waals surface area contributed by atoms with Crippen LogP contribution in [0.25, 0.3) is 0 Å². The Morgan fingerprint density at radius 1 is 1.21 bits per heavy atom. The van der Waals surface area contributed by atoms with Gasteiger partial charge in [0.1, 0.15) is 6.61 Å². The summed E-state index contributed by atoms with van der Waals surface area (Å²) in [5.41, 5.74) is 0.457. The van der Waals surface area contributed by atoms with E-state index in [9.17, 15) is 9.59 Å². The summed E-state index contributed by atoms with van der Waals surface area (Å²) in [6, 6.07) is 18.7. The van der Waals surface area contributed by atoms with Crippen molar-refractivity contribution in [2.24, 2.45) is 5.92 Å². The quantitative estimate of drug-likeness (QED) is 0.477. The molecule has 1 saturated heterocycles. The van der Waals surface area contributed by atoms with E-state index in [2.05, 4.69) is 6.58 Å². The number of cyclic esters (lactones) is 1. The van der Waals surface area contributed by atoms with Gasteiger partial charge in [0.25, 0.3) is 0 Å². The van der Waals surface area contributed by atoms with Gasteiger partial charge in [-0.2, -0.15) is 0 Å². The van der Waals surface area contributed by atoms with Crippen molar-refractivity contribution in [3.05, 3.63) is 84.4 Å². The van der Waals surface area contributed by atoms with Crippen LogP contribution >= 0.6 is 0 Å². The molecule has 1 aliphatic heterocycles. The third kappa shape index (κ3) is 3.90. The highest BCUT2D eigenvalue weighted by molar-refractivity contribution is 5.89. The lowest BCUT2D eigenvalue weighted by Gasteiger charge is -2.39. The van der Waals surface area contributed by atoms with Gasteiger partial charge in [0, 0.05) is 5.56 Å². The second kappa shape index (κ2) is 8.95. The van der Waals surface area contributed by atoms with Crippen molar-refractivity contribution in [1.29, 1.82) is 0 Å². The summed E-state index contributed by atoms with van der Waals surface area (Å²) in [6.07, 6.45) is 1.26. The lowest BCUT2D eigenvalue weighted by molar-refractivity contribution is -0.147. The van der Waals surface area contributed by atoms with Crippen molar-refractivity contribution in [3.63, 3.8) is 0 Å². The zero-order chi connectivity index (χ0) is 20.9. The summed E-state index contributed by atoms with van der Waals surface area (Å²) in [5.74, 6) is -0.553. The minimum Gasteiger partial charge on any atom is -0.444 e. The largest absolute Gasteiger partial charge is 0.444 e. The molecule has 0 radical (unpaired) electrons. The summed E-state index contributed by atoms with van der Waals surface area (Å²) in [7, 11) is 0. The van der Waals surface area contributed by atoms with Crippen LogP contribution in [-0.4, -0.2) is 22.5 Å². The highest BCUT2D eigenvalue weighted by Crippen LogP contribution is 2.46. The molecule has 2 aromatic rings. The predicted molar refractivity (Wildman–Crippen MR) is 111 cm³/mol. The Kier molecular flexibility index (Phi) is 6.37. The average molecular weight is 393 g/mol. The van der Waals surface area contributed by atoms with Crippen LogP contribution in [0.3, 0.4) is 0 Å². The van der Waals surface area contributed by atoms with Crippen molar-refractivity contribution in [2.75, 3.05) is 0 Å². The smallest absolute Gasteiger partial charge is 0.414 e. The molecule has 0 spiro atoms. The lowest BCUT2D eigenvalue weighted by atomic mass is 9.79. The van der Waals surface area contributed by atoms with Crippen LogP contribution in [0.4, 0.5) is 4.79 Å². The molecule has 0 aliphatic carbocycles. The molecule has 29 heavy (non-hydrogen) atoms. The number of nitrogens with zero attached hydrogens (tertiary/aromatic N) is 1. The molecular weight excluding hydrogens is 366 g/mol. The molecule has 0 bridgehead atoms. The Bertz CT molecular complexity index is 852. The van der Waals surface area contributed by atoms with Crippen LogP contribution in [0.1, 0.15) is 44.0 Å². The fourth-order valence-corrected chi connectivity index (χ4v) is 3.83. The van der Waals surface area contributed by atoms with Gasteiger partial charge in [0.05, 0.1) is 0 Å². The fraction of sp³-hybridized carbons (Fsp3) is 0.333. The van der Waals surface area contributed by atoms with E-state index in [0.29, 0.717) is 12.8 Å². The first-order valence-corrected chi connectivity index (χ1v) is 9.91. The van der Waals surface area contributed by atoms with E-state index in [1.807, 2.05) is 74.5 Å². The number of ether oxygens (including phenoxy) is 2. The number of rotatable bonds is 7. The molecule has 1 aliphatic rings. The third-order valence-corrected chi connectivity index (χ3v) is 5.61. The van der Waals surface area contributed by atoms with Crippen LogP contribution in [0.2, 0.25) is 0 Å². The van der Waals surface area contributed by atoms with Gasteiger partial charge in [-0.3, -0.25) is 4.90 Å². The van der Waals surface area contributed by atoms with Gasteiger partial charge < -0.3 is 9.47 Å². The summed E-state index contributed by atoms with van der Waals surface area (Å²) in [5, 5.41) is 0. The molecule has 1 unspecified atom stereocenters. The standard InChI is InChI=1S/C24H27NO4/c1-4-16-24(18(3)5-2)22(26)29-21(20-14-10-7-11-15-20)25(24)23(27)28-17-19-12-8-6-9-13-19/h4,6-15,18,21H,1,5,16-17H2,2-3H3/t18?,21-,24-/m0/s1. The van der Waals surface area contributed by atoms with Crippen molar-refractivity contribution < 1.29 is 19.1 Å². The van der Waals surface area contributed by atoms with E-state index in [0.717, 1.165) is 11.1 Å². The minimum absolute atomic E-state index is 0.122. The van der Waals surface area contributed by atoms with Gasteiger partial charge in [0.15, 0.2) is 5.54 Å². The van der Waals surface area contributed by atoms with E-state index in [1.165, 1.54) is 4.90 Å². The van der Waals surface area contributed by atoms with Gasteiger partial charge in [0.2, 0.25) is 6.23 Å². The highest BCUT2D eigenvalue weighted by atomic mass is 16.6. The normalized spacial score (nSPS) is 22.1. The van der Waals surface area contributed by atoms with Crippen LogP contribution in [-0.2, 0) is 20.9 Å². The minimum atomic E-state index is -1.15. The van der Waals surface area contributed by atoms with Gasteiger partial charge in [-0.1, -0.05) is 87.0 Å². The molecule has 152 valence electrons. The Labute approximate surface area is 171 Å². The maximum absolute atomic E-state index is 13.3. The highest BCUT2D eigenvalue weighted by Gasteiger charge is 2.60. The molecule has 0 N–H and O–H groups in total. The topological polar surface area (TPSA) is 55.8 Å². The summed E-state index contributed by atoms with van der Waals surface area (Å²) in [4.78, 5) is 27.9. The maximum Gasteiger partial charge on any atom is 0.414 e. The van der Waals surface area contributed by atoms with E-state index in [-0.39, 0.29) is 12.5 Å². The van der Waals surface area contributed by atoms with Gasteiger partial charge in [-0.25, -0.2) is 9.59 Å².